The van der Waals surface area contributed by atoms with E-state index in [0.29, 0.717) is 26.1 Å². The molecule has 2 aliphatic rings. The number of aromatic amines is 1. The Morgan fingerprint density at radius 3 is 2.32 bits per heavy atom. The van der Waals surface area contributed by atoms with Gasteiger partial charge in [0, 0.05) is 55.9 Å². The maximum atomic E-state index is 12.9. The fourth-order valence-corrected chi connectivity index (χ4v) is 4.42. The van der Waals surface area contributed by atoms with Gasteiger partial charge < -0.3 is 14.8 Å². The second-order valence-electron chi connectivity index (χ2n) is 8.05. The Bertz CT molecular complexity index is 845. The summed E-state index contributed by atoms with van der Waals surface area (Å²) in [5.74, 6) is 0.420. The number of carbonyl (C=O) groups is 2. The van der Waals surface area contributed by atoms with Crippen LogP contribution in [0.4, 0.5) is 0 Å². The lowest BCUT2D eigenvalue weighted by atomic mass is 10.1. The number of H-pyrrole nitrogens is 1. The van der Waals surface area contributed by atoms with E-state index in [1.165, 1.54) is 6.42 Å². The molecule has 1 aromatic heterocycles. The van der Waals surface area contributed by atoms with Crippen molar-refractivity contribution in [1.82, 2.24) is 19.7 Å². The number of piperidine rings is 1. The first-order valence-corrected chi connectivity index (χ1v) is 10.5. The Labute approximate surface area is 166 Å². The van der Waals surface area contributed by atoms with Gasteiger partial charge in [0.15, 0.2) is 0 Å². The van der Waals surface area contributed by atoms with Crippen LogP contribution in [0.2, 0.25) is 0 Å². The predicted octanol–water partition coefficient (Wildman–Crippen LogP) is 2.18. The fourth-order valence-electron chi connectivity index (χ4n) is 4.42. The van der Waals surface area contributed by atoms with Gasteiger partial charge in [-0.1, -0.05) is 18.2 Å². The van der Waals surface area contributed by atoms with Crippen molar-refractivity contribution in [2.45, 2.75) is 32.6 Å². The Morgan fingerprint density at radius 2 is 1.57 bits per heavy atom. The molecule has 0 aliphatic carbocycles. The number of nitrogens with one attached hydrogen (secondary N) is 1. The molecule has 0 bridgehead atoms. The number of hydrogen-bond donors (Lipinski definition) is 1. The van der Waals surface area contributed by atoms with Crippen LogP contribution in [0.3, 0.4) is 0 Å². The summed E-state index contributed by atoms with van der Waals surface area (Å²) in [5, 5.41) is 1.14. The summed E-state index contributed by atoms with van der Waals surface area (Å²) in [6, 6.07) is 8.15. The van der Waals surface area contributed by atoms with E-state index in [1.54, 1.807) is 0 Å². The minimum absolute atomic E-state index is 0.176. The number of likely N-dealkylation sites (tertiary alicyclic amines) is 1. The molecule has 6 heteroatoms. The van der Waals surface area contributed by atoms with Crippen molar-refractivity contribution in [2.75, 3.05) is 45.8 Å². The van der Waals surface area contributed by atoms with Gasteiger partial charge in [0.25, 0.3) is 0 Å². The third-order valence-electron chi connectivity index (χ3n) is 6.15. The smallest absolute Gasteiger partial charge is 0.236 e. The number of amides is 2. The quantitative estimate of drug-likeness (QED) is 0.882. The second kappa shape index (κ2) is 8.35. The van der Waals surface area contributed by atoms with Gasteiger partial charge in [-0.3, -0.25) is 14.5 Å². The molecule has 2 amide bonds. The number of hydrogen-bond acceptors (Lipinski definition) is 3. The minimum Gasteiger partial charge on any atom is -0.358 e. The number of aromatic nitrogens is 1. The summed E-state index contributed by atoms with van der Waals surface area (Å²) < 4.78 is 0. The first-order chi connectivity index (χ1) is 13.6. The summed E-state index contributed by atoms with van der Waals surface area (Å²) in [6.45, 7) is 7.29. The van der Waals surface area contributed by atoms with Gasteiger partial charge in [-0.2, -0.15) is 0 Å². The molecule has 6 nitrogen and oxygen atoms in total. The van der Waals surface area contributed by atoms with Gasteiger partial charge in [-0.25, -0.2) is 0 Å². The van der Waals surface area contributed by atoms with Crippen LogP contribution in [-0.2, 0) is 16.0 Å². The third kappa shape index (κ3) is 4.07. The van der Waals surface area contributed by atoms with Crippen molar-refractivity contribution < 1.29 is 9.59 Å². The number of carbonyl (C=O) groups excluding carboxylic acids is 2. The second-order valence-corrected chi connectivity index (χ2v) is 8.05. The van der Waals surface area contributed by atoms with Crippen molar-refractivity contribution in [3.8, 4) is 0 Å². The van der Waals surface area contributed by atoms with Crippen LogP contribution in [0.15, 0.2) is 24.3 Å². The van der Waals surface area contributed by atoms with Crippen LogP contribution in [0.1, 0.15) is 30.5 Å². The summed E-state index contributed by atoms with van der Waals surface area (Å²) in [6.07, 6.45) is 3.92. The molecule has 2 aromatic rings. The monoisotopic (exact) mass is 382 g/mol. The predicted molar refractivity (Wildman–Crippen MR) is 110 cm³/mol. The average molecular weight is 383 g/mol. The lowest BCUT2D eigenvalue weighted by molar-refractivity contribution is -0.135. The Kier molecular flexibility index (Phi) is 5.67. The maximum Gasteiger partial charge on any atom is 0.236 e. The van der Waals surface area contributed by atoms with Gasteiger partial charge in [-0.15, -0.1) is 0 Å². The summed E-state index contributed by atoms with van der Waals surface area (Å²) in [4.78, 5) is 34.8. The van der Waals surface area contributed by atoms with Gasteiger partial charge in [0.2, 0.25) is 11.8 Å². The summed E-state index contributed by atoms with van der Waals surface area (Å²) in [5.41, 5.74) is 3.26. The molecule has 28 heavy (non-hydrogen) atoms. The van der Waals surface area contributed by atoms with E-state index in [2.05, 4.69) is 22.0 Å². The molecule has 0 radical (unpaired) electrons. The summed E-state index contributed by atoms with van der Waals surface area (Å²) >= 11 is 0. The number of piperazine rings is 1. The van der Waals surface area contributed by atoms with E-state index in [-0.39, 0.29) is 11.8 Å². The van der Waals surface area contributed by atoms with Crippen molar-refractivity contribution in [3.63, 3.8) is 0 Å². The van der Waals surface area contributed by atoms with Crippen LogP contribution >= 0.6 is 0 Å². The van der Waals surface area contributed by atoms with E-state index in [0.717, 1.165) is 61.2 Å². The molecule has 1 N–H and O–H groups in total. The largest absolute Gasteiger partial charge is 0.358 e. The molecule has 2 fully saturated rings. The molecule has 2 saturated heterocycles. The first kappa shape index (κ1) is 19.0. The molecule has 0 atom stereocenters. The van der Waals surface area contributed by atoms with Crippen LogP contribution in [0, 0.1) is 6.92 Å². The molecule has 0 spiro atoms. The molecule has 0 unspecified atom stereocenters. The highest BCUT2D eigenvalue weighted by molar-refractivity contribution is 5.90. The van der Waals surface area contributed by atoms with Gasteiger partial charge >= 0.3 is 0 Å². The number of nitrogens with zero attached hydrogens (tertiary/aromatic N) is 3. The topological polar surface area (TPSA) is 59.7 Å². The number of rotatable bonds is 4. The fraction of sp³-hybridized carbons (Fsp3) is 0.545. The highest BCUT2D eigenvalue weighted by Crippen LogP contribution is 2.23. The first-order valence-electron chi connectivity index (χ1n) is 10.5. The van der Waals surface area contributed by atoms with E-state index < -0.39 is 0 Å². The highest BCUT2D eigenvalue weighted by Gasteiger charge is 2.25. The zero-order chi connectivity index (χ0) is 19.5. The molecular formula is C22H30N4O2. The molecule has 1 aromatic carbocycles. The van der Waals surface area contributed by atoms with Gasteiger partial charge in [-0.05, 0) is 37.8 Å². The van der Waals surface area contributed by atoms with E-state index in [1.807, 2.05) is 28.9 Å². The standard InChI is InChI=1S/C22H30N4O2/c1-17-19(18-7-3-4-8-20(18)23-17)15-21(27)26-13-11-24(12-14-26)16-22(28)25-9-5-2-6-10-25/h3-4,7-8,23H,2,5-6,9-16H2,1H3. The minimum atomic E-state index is 0.176. The van der Waals surface area contributed by atoms with Gasteiger partial charge in [0.05, 0.1) is 13.0 Å². The normalized spacial score (nSPS) is 18.6. The number of benzene rings is 1. The van der Waals surface area contributed by atoms with E-state index >= 15 is 0 Å². The lowest BCUT2D eigenvalue weighted by Gasteiger charge is -2.36. The molecule has 3 heterocycles. The molecule has 4 rings (SSSR count). The number of aryl methyl sites for hydroxylation is 1. The Morgan fingerprint density at radius 1 is 0.893 bits per heavy atom. The molecule has 150 valence electrons. The average Bonchev–Trinajstić information content (AvgIpc) is 3.04. The van der Waals surface area contributed by atoms with Crippen LogP contribution in [0.5, 0.6) is 0 Å². The molecule has 0 saturated carbocycles. The lowest BCUT2D eigenvalue weighted by Crippen LogP contribution is -2.52. The van der Waals surface area contributed by atoms with Crippen LogP contribution in [-0.4, -0.2) is 77.3 Å². The van der Waals surface area contributed by atoms with E-state index in [9.17, 15) is 9.59 Å². The number of para-hydroxylation sites is 1. The van der Waals surface area contributed by atoms with Crippen LogP contribution in [0.25, 0.3) is 10.9 Å². The molecular weight excluding hydrogens is 352 g/mol. The van der Waals surface area contributed by atoms with Crippen LogP contribution < -0.4 is 0 Å². The van der Waals surface area contributed by atoms with Crippen molar-refractivity contribution in [3.05, 3.63) is 35.5 Å². The van der Waals surface area contributed by atoms with Crippen molar-refractivity contribution in [1.29, 1.82) is 0 Å². The van der Waals surface area contributed by atoms with Crippen molar-refractivity contribution in [2.24, 2.45) is 0 Å². The molecule has 2 aliphatic heterocycles. The summed E-state index contributed by atoms with van der Waals surface area (Å²) in [7, 11) is 0. The van der Waals surface area contributed by atoms with E-state index in [4.69, 9.17) is 0 Å². The SMILES string of the molecule is Cc1[nH]c2ccccc2c1CC(=O)N1CCN(CC(=O)N2CCCCC2)CC1. The zero-order valence-electron chi connectivity index (χ0n) is 16.7. The third-order valence-corrected chi connectivity index (χ3v) is 6.15. The zero-order valence-corrected chi connectivity index (χ0v) is 16.7. The van der Waals surface area contributed by atoms with Gasteiger partial charge in [0.1, 0.15) is 0 Å². The maximum absolute atomic E-state index is 12.9. The number of fused-ring (bicyclic) bond motifs is 1. The Hall–Kier alpha value is -2.34. The van der Waals surface area contributed by atoms with Crippen molar-refractivity contribution >= 4 is 22.7 Å². The Balaban J connectivity index is 1.30. The highest BCUT2D eigenvalue weighted by atomic mass is 16.2.